The number of amides is 1. The molecule has 0 saturated carbocycles. The lowest BCUT2D eigenvalue weighted by atomic mass is 10.1. The molecule has 0 aliphatic rings. The smallest absolute Gasteiger partial charge is 0.306 e. The minimum absolute atomic E-state index is 0.120. The van der Waals surface area contributed by atoms with Gasteiger partial charge in [0.25, 0.3) is 5.91 Å². The van der Waals surface area contributed by atoms with Gasteiger partial charge in [-0.05, 0) is 48.2 Å². The molecule has 4 nitrogen and oxygen atoms in total. The van der Waals surface area contributed by atoms with Gasteiger partial charge < -0.3 is 10.1 Å². The zero-order valence-electron chi connectivity index (χ0n) is 13.6. The predicted molar refractivity (Wildman–Crippen MR) is 88.8 cm³/mol. The molecular formula is C19H19F2NO3. The zero-order chi connectivity index (χ0) is 18.1. The van der Waals surface area contributed by atoms with E-state index in [1.807, 2.05) is 0 Å². The summed E-state index contributed by atoms with van der Waals surface area (Å²) >= 11 is 0. The molecule has 132 valence electrons. The molecule has 0 spiro atoms. The van der Waals surface area contributed by atoms with Crippen molar-refractivity contribution in [2.24, 2.45) is 0 Å². The van der Waals surface area contributed by atoms with E-state index in [0.717, 1.165) is 11.1 Å². The molecule has 0 aliphatic carbocycles. The van der Waals surface area contributed by atoms with Crippen LogP contribution in [-0.2, 0) is 27.2 Å². The van der Waals surface area contributed by atoms with Gasteiger partial charge in [0.15, 0.2) is 6.61 Å². The summed E-state index contributed by atoms with van der Waals surface area (Å²) in [5, 5.41) is 2.63. The van der Waals surface area contributed by atoms with Gasteiger partial charge in [0.2, 0.25) is 0 Å². The van der Waals surface area contributed by atoms with Gasteiger partial charge in [0.1, 0.15) is 11.6 Å². The van der Waals surface area contributed by atoms with Crippen LogP contribution in [0.25, 0.3) is 0 Å². The fraction of sp³-hybridized carbons (Fsp3) is 0.263. The Bertz CT molecular complexity index is 700. The SMILES string of the molecule is O=C(COC(=O)CCc1ccc(F)cc1)NCCc1ccc(F)cc1. The highest BCUT2D eigenvalue weighted by Crippen LogP contribution is 2.06. The lowest BCUT2D eigenvalue weighted by molar-refractivity contribution is -0.148. The highest BCUT2D eigenvalue weighted by molar-refractivity contribution is 5.80. The summed E-state index contributed by atoms with van der Waals surface area (Å²) in [4.78, 5) is 23.2. The van der Waals surface area contributed by atoms with Gasteiger partial charge in [-0.2, -0.15) is 0 Å². The van der Waals surface area contributed by atoms with Gasteiger partial charge in [0, 0.05) is 13.0 Å². The molecule has 2 aromatic rings. The largest absolute Gasteiger partial charge is 0.456 e. The van der Waals surface area contributed by atoms with E-state index in [1.165, 1.54) is 24.3 Å². The van der Waals surface area contributed by atoms with Crippen LogP contribution in [0.1, 0.15) is 17.5 Å². The molecule has 0 fully saturated rings. The molecule has 0 saturated heterocycles. The average Bonchev–Trinajstić information content (AvgIpc) is 2.61. The van der Waals surface area contributed by atoms with Crippen LogP contribution in [0.15, 0.2) is 48.5 Å². The van der Waals surface area contributed by atoms with Crippen molar-refractivity contribution >= 4 is 11.9 Å². The third-order valence-corrected chi connectivity index (χ3v) is 3.54. The van der Waals surface area contributed by atoms with E-state index < -0.39 is 11.9 Å². The van der Waals surface area contributed by atoms with Crippen LogP contribution in [0.4, 0.5) is 8.78 Å². The van der Waals surface area contributed by atoms with Crippen molar-refractivity contribution in [3.8, 4) is 0 Å². The molecule has 0 unspecified atom stereocenters. The highest BCUT2D eigenvalue weighted by Gasteiger charge is 2.08. The lowest BCUT2D eigenvalue weighted by Crippen LogP contribution is -2.30. The molecule has 0 radical (unpaired) electrons. The van der Waals surface area contributed by atoms with Crippen molar-refractivity contribution in [3.05, 3.63) is 71.3 Å². The van der Waals surface area contributed by atoms with Crippen molar-refractivity contribution in [1.82, 2.24) is 5.32 Å². The number of carbonyl (C=O) groups is 2. The molecule has 0 atom stereocenters. The van der Waals surface area contributed by atoms with Crippen LogP contribution in [0.5, 0.6) is 0 Å². The Hall–Kier alpha value is -2.76. The Labute approximate surface area is 144 Å². The number of rotatable bonds is 8. The number of benzene rings is 2. The van der Waals surface area contributed by atoms with Crippen LogP contribution in [0.2, 0.25) is 0 Å². The minimum Gasteiger partial charge on any atom is -0.456 e. The molecule has 0 aromatic heterocycles. The number of carbonyl (C=O) groups excluding carboxylic acids is 2. The summed E-state index contributed by atoms with van der Waals surface area (Å²) in [5.41, 5.74) is 1.72. The quantitative estimate of drug-likeness (QED) is 0.747. The van der Waals surface area contributed by atoms with Gasteiger partial charge in [-0.3, -0.25) is 9.59 Å². The Morgan fingerprint density at radius 3 is 1.92 bits per heavy atom. The maximum atomic E-state index is 12.8. The topological polar surface area (TPSA) is 55.4 Å². The van der Waals surface area contributed by atoms with Gasteiger partial charge in [-0.1, -0.05) is 24.3 Å². The normalized spacial score (nSPS) is 10.3. The van der Waals surface area contributed by atoms with Crippen molar-refractivity contribution in [2.45, 2.75) is 19.3 Å². The van der Waals surface area contributed by atoms with E-state index >= 15 is 0 Å². The number of ether oxygens (including phenoxy) is 1. The van der Waals surface area contributed by atoms with Crippen molar-refractivity contribution in [3.63, 3.8) is 0 Å². The molecule has 0 heterocycles. The second-order valence-electron chi connectivity index (χ2n) is 5.51. The van der Waals surface area contributed by atoms with Crippen LogP contribution in [-0.4, -0.2) is 25.0 Å². The van der Waals surface area contributed by atoms with E-state index in [0.29, 0.717) is 19.4 Å². The Kier molecular flexibility index (Phi) is 7.07. The highest BCUT2D eigenvalue weighted by atomic mass is 19.1. The molecule has 0 aliphatic heterocycles. The van der Waals surface area contributed by atoms with Crippen LogP contribution < -0.4 is 5.32 Å². The first-order chi connectivity index (χ1) is 12.0. The number of esters is 1. The molecule has 1 N–H and O–H groups in total. The van der Waals surface area contributed by atoms with E-state index in [9.17, 15) is 18.4 Å². The third-order valence-electron chi connectivity index (χ3n) is 3.54. The summed E-state index contributed by atoms with van der Waals surface area (Å²) in [6.45, 7) is 0.0310. The zero-order valence-corrected chi connectivity index (χ0v) is 13.6. The fourth-order valence-corrected chi connectivity index (χ4v) is 2.16. The molecule has 25 heavy (non-hydrogen) atoms. The number of hydrogen-bond acceptors (Lipinski definition) is 3. The second-order valence-corrected chi connectivity index (χ2v) is 5.51. The van der Waals surface area contributed by atoms with Crippen molar-refractivity contribution < 1.29 is 23.1 Å². The van der Waals surface area contributed by atoms with Crippen LogP contribution in [0, 0.1) is 11.6 Å². The maximum Gasteiger partial charge on any atom is 0.306 e. The Balaban J connectivity index is 1.59. The number of halogens is 2. The average molecular weight is 347 g/mol. The first-order valence-corrected chi connectivity index (χ1v) is 7.94. The predicted octanol–water partition coefficient (Wildman–Crippen LogP) is 2.80. The van der Waals surface area contributed by atoms with Gasteiger partial charge >= 0.3 is 5.97 Å². The summed E-state index contributed by atoms with van der Waals surface area (Å²) in [7, 11) is 0. The summed E-state index contributed by atoms with van der Waals surface area (Å²) in [6, 6.07) is 11.9. The number of aryl methyl sites for hydroxylation is 1. The summed E-state index contributed by atoms with van der Waals surface area (Å²) < 4.78 is 30.4. The van der Waals surface area contributed by atoms with E-state index in [1.54, 1.807) is 24.3 Å². The van der Waals surface area contributed by atoms with Crippen LogP contribution in [0.3, 0.4) is 0 Å². The monoisotopic (exact) mass is 347 g/mol. The molecule has 2 aromatic carbocycles. The van der Waals surface area contributed by atoms with Crippen LogP contribution >= 0.6 is 0 Å². The van der Waals surface area contributed by atoms with Crippen molar-refractivity contribution in [2.75, 3.05) is 13.2 Å². The maximum absolute atomic E-state index is 12.8. The first kappa shape index (κ1) is 18.6. The lowest BCUT2D eigenvalue weighted by Gasteiger charge is -2.07. The van der Waals surface area contributed by atoms with E-state index in [4.69, 9.17) is 4.74 Å². The molecular weight excluding hydrogens is 328 g/mol. The Morgan fingerprint density at radius 2 is 1.36 bits per heavy atom. The molecule has 2 rings (SSSR count). The Morgan fingerprint density at radius 1 is 0.840 bits per heavy atom. The third kappa shape index (κ3) is 7.12. The van der Waals surface area contributed by atoms with E-state index in [2.05, 4.69) is 5.32 Å². The van der Waals surface area contributed by atoms with Crippen molar-refractivity contribution in [1.29, 1.82) is 0 Å². The van der Waals surface area contributed by atoms with Gasteiger partial charge in [-0.15, -0.1) is 0 Å². The number of hydrogen-bond donors (Lipinski definition) is 1. The number of nitrogens with one attached hydrogen (secondary N) is 1. The van der Waals surface area contributed by atoms with Gasteiger partial charge in [-0.25, -0.2) is 8.78 Å². The van der Waals surface area contributed by atoms with E-state index in [-0.39, 0.29) is 24.7 Å². The standard InChI is InChI=1S/C19H19F2NO3/c20-16-6-1-14(2-7-16)5-10-19(24)25-13-18(23)22-12-11-15-3-8-17(21)9-4-15/h1-4,6-9H,5,10-13H2,(H,22,23). The fourth-order valence-electron chi connectivity index (χ4n) is 2.16. The molecule has 0 bridgehead atoms. The minimum atomic E-state index is -0.488. The second kappa shape index (κ2) is 9.52. The summed E-state index contributed by atoms with van der Waals surface area (Å²) in [5.74, 6) is -1.51. The van der Waals surface area contributed by atoms with Gasteiger partial charge in [0.05, 0.1) is 0 Å². The molecule has 1 amide bonds. The molecule has 6 heteroatoms. The summed E-state index contributed by atoms with van der Waals surface area (Å²) in [6.07, 6.45) is 1.10. The first-order valence-electron chi connectivity index (χ1n) is 7.94.